The summed E-state index contributed by atoms with van der Waals surface area (Å²) in [6.45, 7) is 6.52. The molecule has 5 heteroatoms. The highest BCUT2D eigenvalue weighted by atomic mass is 16.5. The summed E-state index contributed by atoms with van der Waals surface area (Å²) < 4.78 is 11.1. The number of ketones is 1. The maximum atomic E-state index is 12.4. The van der Waals surface area contributed by atoms with Crippen LogP contribution in [0.5, 0.6) is 5.75 Å². The lowest BCUT2D eigenvalue weighted by molar-refractivity contribution is -0.661. The number of aliphatic hydroxyl groups is 1. The van der Waals surface area contributed by atoms with Crippen LogP contribution in [0.15, 0.2) is 54.6 Å². The Morgan fingerprint density at radius 1 is 1.04 bits per heavy atom. The number of hydrogen-bond donors (Lipinski definition) is 2. The van der Waals surface area contributed by atoms with Crippen LogP contribution in [0.3, 0.4) is 0 Å². The van der Waals surface area contributed by atoms with Gasteiger partial charge in [0.15, 0.2) is 5.78 Å². The molecular formula is C22H30NO4+. The predicted octanol–water partition coefficient (Wildman–Crippen LogP) is 2.04. The molecule has 0 amide bonds. The fourth-order valence-corrected chi connectivity index (χ4v) is 2.58. The zero-order valence-electron chi connectivity index (χ0n) is 16.1. The second-order valence-corrected chi connectivity index (χ2v) is 6.77. The topological polar surface area (TPSA) is 72.4 Å². The van der Waals surface area contributed by atoms with E-state index < -0.39 is 6.10 Å². The summed E-state index contributed by atoms with van der Waals surface area (Å²) in [6.07, 6.45) is 0.683. The Hall–Kier alpha value is -2.21. The molecule has 0 aliphatic carbocycles. The Labute approximate surface area is 161 Å². The lowest BCUT2D eigenvalue weighted by atomic mass is 10.0. The number of carbonyl (C=O) groups excluding carboxylic acids is 1. The second-order valence-electron chi connectivity index (χ2n) is 6.77. The molecule has 0 saturated heterocycles. The van der Waals surface area contributed by atoms with Crippen LogP contribution in [-0.2, 0) is 4.74 Å². The first-order chi connectivity index (χ1) is 13.1. The first-order valence-electron chi connectivity index (χ1n) is 9.50. The number of carbonyl (C=O) groups is 1. The molecule has 0 fully saturated rings. The third-order valence-electron chi connectivity index (χ3n) is 4.04. The maximum Gasteiger partial charge on any atom is 0.193 e. The number of quaternary nitrogens is 1. The quantitative estimate of drug-likeness (QED) is 0.442. The van der Waals surface area contributed by atoms with Crippen molar-refractivity contribution >= 4 is 5.78 Å². The van der Waals surface area contributed by atoms with Gasteiger partial charge in [-0.3, -0.25) is 4.79 Å². The molecule has 0 spiro atoms. The highest BCUT2D eigenvalue weighted by Crippen LogP contribution is 2.15. The molecule has 0 bridgehead atoms. The van der Waals surface area contributed by atoms with Crippen LogP contribution in [0.2, 0.25) is 0 Å². The van der Waals surface area contributed by atoms with Crippen molar-refractivity contribution in [2.75, 3.05) is 26.3 Å². The van der Waals surface area contributed by atoms with Gasteiger partial charge in [0, 0.05) is 17.5 Å². The van der Waals surface area contributed by atoms with Gasteiger partial charge in [-0.15, -0.1) is 0 Å². The summed E-state index contributed by atoms with van der Waals surface area (Å²) in [5, 5.41) is 12.1. The highest BCUT2D eigenvalue weighted by Gasteiger charge is 2.10. The van der Waals surface area contributed by atoms with Gasteiger partial charge >= 0.3 is 0 Å². The van der Waals surface area contributed by atoms with Crippen molar-refractivity contribution in [3.63, 3.8) is 0 Å². The third-order valence-corrected chi connectivity index (χ3v) is 4.04. The van der Waals surface area contributed by atoms with E-state index in [2.05, 4.69) is 5.32 Å². The molecule has 1 atom stereocenters. The first kappa shape index (κ1) is 21.1. The number of hydrogen-bond acceptors (Lipinski definition) is 4. The molecule has 2 rings (SSSR count). The molecule has 2 aromatic rings. The van der Waals surface area contributed by atoms with Crippen molar-refractivity contribution in [2.45, 2.75) is 32.5 Å². The summed E-state index contributed by atoms with van der Waals surface area (Å²) >= 11 is 0. The van der Waals surface area contributed by atoms with Crippen LogP contribution in [-0.4, -0.2) is 49.4 Å². The number of nitrogens with two attached hydrogens (primary N) is 1. The van der Waals surface area contributed by atoms with Crippen molar-refractivity contribution in [2.24, 2.45) is 0 Å². The maximum absolute atomic E-state index is 12.4. The summed E-state index contributed by atoms with van der Waals surface area (Å²) in [4.78, 5) is 12.4. The molecule has 0 unspecified atom stereocenters. The molecule has 0 radical (unpaired) electrons. The fraction of sp³-hybridized carbons (Fsp3) is 0.409. The third kappa shape index (κ3) is 7.91. The Bertz CT molecular complexity index is 670. The molecule has 0 saturated carbocycles. The van der Waals surface area contributed by atoms with Gasteiger partial charge in [0.05, 0.1) is 19.3 Å². The van der Waals surface area contributed by atoms with E-state index in [4.69, 9.17) is 9.47 Å². The standard InChI is InChI=1S/C22H29NO4/c1-17(2)26-14-6-13-23-15-20(24)16-27-21-11-9-19(10-12-21)22(25)18-7-4-3-5-8-18/h3-5,7-12,17,20,23-24H,6,13-16H2,1-2H3/p+1/t20-/m1/s1. The van der Waals surface area contributed by atoms with E-state index in [0.29, 0.717) is 23.4 Å². The van der Waals surface area contributed by atoms with E-state index in [-0.39, 0.29) is 18.5 Å². The minimum atomic E-state index is -0.540. The molecular weight excluding hydrogens is 342 g/mol. The molecule has 2 aromatic carbocycles. The largest absolute Gasteiger partial charge is 0.491 e. The summed E-state index contributed by atoms with van der Waals surface area (Å²) in [7, 11) is 0. The summed E-state index contributed by atoms with van der Waals surface area (Å²) in [5.41, 5.74) is 1.28. The molecule has 3 N–H and O–H groups in total. The highest BCUT2D eigenvalue weighted by molar-refractivity contribution is 6.08. The number of ether oxygens (including phenoxy) is 2. The SMILES string of the molecule is CC(C)OCCC[NH2+]C[C@@H](O)COc1ccc(C(=O)c2ccccc2)cc1. The van der Waals surface area contributed by atoms with Crippen molar-refractivity contribution in [3.8, 4) is 5.75 Å². The minimum Gasteiger partial charge on any atom is -0.491 e. The summed E-state index contributed by atoms with van der Waals surface area (Å²) in [5.74, 6) is 0.627. The first-order valence-corrected chi connectivity index (χ1v) is 9.50. The van der Waals surface area contributed by atoms with Crippen LogP contribution >= 0.6 is 0 Å². The van der Waals surface area contributed by atoms with Crippen LogP contribution in [0, 0.1) is 0 Å². The Balaban J connectivity index is 1.68. The van der Waals surface area contributed by atoms with E-state index in [1.807, 2.05) is 32.0 Å². The van der Waals surface area contributed by atoms with Crippen LogP contribution in [0.1, 0.15) is 36.2 Å². The molecule has 27 heavy (non-hydrogen) atoms. The normalized spacial score (nSPS) is 12.1. The van der Waals surface area contributed by atoms with Crippen molar-refractivity contribution in [3.05, 3.63) is 65.7 Å². The van der Waals surface area contributed by atoms with E-state index in [0.717, 1.165) is 19.6 Å². The van der Waals surface area contributed by atoms with Crippen molar-refractivity contribution < 1.29 is 24.7 Å². The fourth-order valence-electron chi connectivity index (χ4n) is 2.58. The van der Waals surface area contributed by atoms with Gasteiger partial charge < -0.3 is 19.9 Å². The average Bonchev–Trinajstić information content (AvgIpc) is 2.69. The lowest BCUT2D eigenvalue weighted by Crippen LogP contribution is -2.86. The van der Waals surface area contributed by atoms with Gasteiger partial charge in [-0.2, -0.15) is 0 Å². The molecule has 5 nitrogen and oxygen atoms in total. The summed E-state index contributed by atoms with van der Waals surface area (Å²) in [6, 6.07) is 16.2. The lowest BCUT2D eigenvalue weighted by Gasteiger charge is -2.12. The smallest absolute Gasteiger partial charge is 0.193 e. The van der Waals surface area contributed by atoms with Crippen molar-refractivity contribution in [1.29, 1.82) is 0 Å². The minimum absolute atomic E-state index is 0.0155. The molecule has 146 valence electrons. The zero-order valence-corrected chi connectivity index (χ0v) is 16.1. The molecule has 0 aromatic heterocycles. The Morgan fingerprint density at radius 3 is 2.37 bits per heavy atom. The Morgan fingerprint density at radius 2 is 1.70 bits per heavy atom. The van der Waals surface area contributed by atoms with Gasteiger partial charge in [0.1, 0.15) is 25.0 Å². The van der Waals surface area contributed by atoms with Gasteiger partial charge in [-0.25, -0.2) is 0 Å². The zero-order chi connectivity index (χ0) is 19.5. The predicted molar refractivity (Wildman–Crippen MR) is 105 cm³/mol. The number of benzene rings is 2. The second kappa shape index (κ2) is 11.5. The molecule has 0 heterocycles. The van der Waals surface area contributed by atoms with Gasteiger partial charge in [-0.1, -0.05) is 30.3 Å². The van der Waals surface area contributed by atoms with E-state index in [9.17, 15) is 9.90 Å². The van der Waals surface area contributed by atoms with Crippen LogP contribution in [0.25, 0.3) is 0 Å². The monoisotopic (exact) mass is 372 g/mol. The average molecular weight is 372 g/mol. The van der Waals surface area contributed by atoms with Crippen LogP contribution < -0.4 is 10.1 Å². The Kier molecular flexibility index (Phi) is 8.98. The van der Waals surface area contributed by atoms with Gasteiger partial charge in [0.25, 0.3) is 0 Å². The van der Waals surface area contributed by atoms with Crippen molar-refractivity contribution in [1.82, 2.24) is 0 Å². The van der Waals surface area contributed by atoms with E-state index >= 15 is 0 Å². The molecule has 0 aliphatic rings. The number of rotatable bonds is 12. The van der Waals surface area contributed by atoms with Crippen LogP contribution in [0.4, 0.5) is 0 Å². The molecule has 0 aliphatic heterocycles. The van der Waals surface area contributed by atoms with Gasteiger partial charge in [0.2, 0.25) is 0 Å². The van der Waals surface area contributed by atoms with E-state index in [1.165, 1.54) is 0 Å². The number of aliphatic hydroxyl groups excluding tert-OH is 1. The van der Waals surface area contributed by atoms with Gasteiger partial charge in [-0.05, 0) is 38.1 Å². The van der Waals surface area contributed by atoms with E-state index in [1.54, 1.807) is 36.4 Å².